The normalized spacial score (nSPS) is 17.9. The van der Waals surface area contributed by atoms with Crippen LogP contribution in [0.2, 0.25) is 0 Å². The van der Waals surface area contributed by atoms with Crippen molar-refractivity contribution in [1.82, 2.24) is 4.90 Å². The number of hydrogen-bond acceptors (Lipinski definition) is 5. The molecule has 1 aliphatic heterocycles. The SMILES string of the molecule is COc1ccc(NC(C)=O)cc1NC(=O)C(C)N1CCCC1c1ccc(C)s1. The fourth-order valence-corrected chi connectivity index (χ4v) is 4.70. The quantitative estimate of drug-likeness (QED) is 0.761. The van der Waals surface area contributed by atoms with Crippen molar-refractivity contribution in [3.63, 3.8) is 0 Å². The van der Waals surface area contributed by atoms with E-state index in [0.717, 1.165) is 19.4 Å². The van der Waals surface area contributed by atoms with E-state index >= 15 is 0 Å². The largest absolute Gasteiger partial charge is 0.495 e. The van der Waals surface area contributed by atoms with E-state index in [2.05, 4.69) is 34.6 Å². The van der Waals surface area contributed by atoms with E-state index in [0.29, 0.717) is 17.1 Å². The summed E-state index contributed by atoms with van der Waals surface area (Å²) in [6.07, 6.45) is 2.15. The van der Waals surface area contributed by atoms with Crippen LogP contribution in [-0.4, -0.2) is 36.4 Å². The number of likely N-dealkylation sites (tertiary alicyclic amines) is 1. The first-order chi connectivity index (χ1) is 13.4. The summed E-state index contributed by atoms with van der Waals surface area (Å²) in [7, 11) is 1.56. The molecule has 150 valence electrons. The molecular weight excluding hydrogens is 374 g/mol. The molecule has 2 aromatic rings. The third-order valence-electron chi connectivity index (χ3n) is 5.04. The van der Waals surface area contributed by atoms with Crippen LogP contribution in [0.1, 0.15) is 42.5 Å². The zero-order valence-electron chi connectivity index (χ0n) is 16.7. The summed E-state index contributed by atoms with van der Waals surface area (Å²) in [5.41, 5.74) is 1.16. The van der Waals surface area contributed by atoms with Crippen molar-refractivity contribution in [3.8, 4) is 5.75 Å². The van der Waals surface area contributed by atoms with E-state index in [1.807, 2.05) is 6.92 Å². The second-order valence-electron chi connectivity index (χ2n) is 7.11. The highest BCUT2D eigenvalue weighted by molar-refractivity contribution is 7.12. The first-order valence-corrected chi connectivity index (χ1v) is 10.3. The summed E-state index contributed by atoms with van der Waals surface area (Å²) < 4.78 is 5.37. The van der Waals surface area contributed by atoms with Crippen LogP contribution in [0.4, 0.5) is 11.4 Å². The van der Waals surface area contributed by atoms with Gasteiger partial charge in [0.2, 0.25) is 11.8 Å². The molecule has 1 aromatic carbocycles. The minimum absolute atomic E-state index is 0.0848. The number of hydrogen-bond donors (Lipinski definition) is 2. The molecular formula is C21H27N3O3S. The van der Waals surface area contributed by atoms with Crippen LogP contribution in [0.25, 0.3) is 0 Å². The van der Waals surface area contributed by atoms with Gasteiger partial charge in [-0.3, -0.25) is 14.5 Å². The molecule has 2 heterocycles. The van der Waals surface area contributed by atoms with Crippen LogP contribution in [0.5, 0.6) is 5.75 Å². The molecule has 2 atom stereocenters. The lowest BCUT2D eigenvalue weighted by Gasteiger charge is -2.29. The molecule has 1 saturated heterocycles. The van der Waals surface area contributed by atoms with Crippen LogP contribution >= 0.6 is 11.3 Å². The lowest BCUT2D eigenvalue weighted by molar-refractivity contribution is -0.121. The Morgan fingerprint density at radius 2 is 2.04 bits per heavy atom. The molecule has 0 bridgehead atoms. The minimum atomic E-state index is -0.274. The predicted molar refractivity (Wildman–Crippen MR) is 113 cm³/mol. The molecule has 7 heteroatoms. The molecule has 0 saturated carbocycles. The van der Waals surface area contributed by atoms with Crippen molar-refractivity contribution >= 4 is 34.5 Å². The summed E-state index contributed by atoms with van der Waals surface area (Å²) in [5.74, 6) is 0.307. The minimum Gasteiger partial charge on any atom is -0.495 e. The van der Waals surface area contributed by atoms with Crippen molar-refractivity contribution in [2.24, 2.45) is 0 Å². The van der Waals surface area contributed by atoms with Gasteiger partial charge in [0.25, 0.3) is 0 Å². The Bertz CT molecular complexity index is 864. The molecule has 2 N–H and O–H groups in total. The molecule has 6 nitrogen and oxygen atoms in total. The zero-order chi connectivity index (χ0) is 20.3. The maximum Gasteiger partial charge on any atom is 0.241 e. The van der Waals surface area contributed by atoms with Crippen LogP contribution in [0.3, 0.4) is 0 Å². The summed E-state index contributed by atoms with van der Waals surface area (Å²) in [4.78, 5) is 29.2. The van der Waals surface area contributed by atoms with E-state index in [4.69, 9.17) is 4.74 Å². The number of nitrogens with zero attached hydrogens (tertiary/aromatic N) is 1. The Morgan fingerprint density at radius 1 is 1.25 bits per heavy atom. The van der Waals surface area contributed by atoms with Gasteiger partial charge in [0.15, 0.2) is 0 Å². The van der Waals surface area contributed by atoms with E-state index < -0.39 is 0 Å². The van der Waals surface area contributed by atoms with Gasteiger partial charge in [0.1, 0.15) is 5.75 Å². The standard InChI is InChI=1S/C21H27N3O3S/c1-13-7-10-20(28-13)18-6-5-11-24(18)14(2)21(26)23-17-12-16(22-15(3)25)8-9-19(17)27-4/h7-10,12,14,18H,5-6,11H2,1-4H3,(H,22,25)(H,23,26). The van der Waals surface area contributed by atoms with E-state index in [1.165, 1.54) is 16.7 Å². The van der Waals surface area contributed by atoms with Crippen LogP contribution < -0.4 is 15.4 Å². The molecule has 28 heavy (non-hydrogen) atoms. The van der Waals surface area contributed by atoms with E-state index in [9.17, 15) is 9.59 Å². The summed E-state index contributed by atoms with van der Waals surface area (Å²) in [6.45, 7) is 6.40. The smallest absolute Gasteiger partial charge is 0.241 e. The van der Waals surface area contributed by atoms with Crippen LogP contribution in [0, 0.1) is 6.92 Å². The molecule has 3 rings (SSSR count). The topological polar surface area (TPSA) is 70.7 Å². The van der Waals surface area contributed by atoms with Crippen molar-refractivity contribution in [3.05, 3.63) is 40.1 Å². The monoisotopic (exact) mass is 401 g/mol. The molecule has 0 radical (unpaired) electrons. The molecule has 0 spiro atoms. The van der Waals surface area contributed by atoms with Crippen molar-refractivity contribution in [1.29, 1.82) is 0 Å². The van der Waals surface area contributed by atoms with Gasteiger partial charge in [-0.25, -0.2) is 0 Å². The van der Waals surface area contributed by atoms with Gasteiger partial charge in [0, 0.05) is 28.4 Å². The van der Waals surface area contributed by atoms with Gasteiger partial charge < -0.3 is 15.4 Å². The number of nitrogens with one attached hydrogen (secondary N) is 2. The Kier molecular flexibility index (Phi) is 6.36. The number of carbonyl (C=O) groups excluding carboxylic acids is 2. The average Bonchev–Trinajstić information content (AvgIpc) is 3.29. The van der Waals surface area contributed by atoms with E-state index in [1.54, 1.807) is 36.6 Å². The zero-order valence-corrected chi connectivity index (χ0v) is 17.6. The van der Waals surface area contributed by atoms with Crippen molar-refractivity contribution in [2.45, 2.75) is 45.7 Å². The van der Waals surface area contributed by atoms with E-state index in [-0.39, 0.29) is 23.9 Å². The number of aryl methyl sites for hydroxylation is 1. The highest BCUT2D eigenvalue weighted by Crippen LogP contribution is 2.37. The first kappa shape index (κ1) is 20.4. The summed E-state index contributed by atoms with van der Waals surface area (Å²) in [5, 5.41) is 5.71. The third-order valence-corrected chi connectivity index (χ3v) is 6.14. The Hall–Kier alpha value is -2.38. The number of amides is 2. The predicted octanol–water partition coefficient (Wildman–Crippen LogP) is 4.19. The number of carbonyl (C=O) groups is 2. The number of ether oxygens (including phenoxy) is 1. The molecule has 2 amide bonds. The lowest BCUT2D eigenvalue weighted by Crippen LogP contribution is -2.41. The number of thiophene rings is 1. The van der Waals surface area contributed by atoms with Crippen molar-refractivity contribution < 1.29 is 14.3 Å². The van der Waals surface area contributed by atoms with Gasteiger partial charge >= 0.3 is 0 Å². The number of benzene rings is 1. The fraction of sp³-hybridized carbons (Fsp3) is 0.429. The van der Waals surface area contributed by atoms with Gasteiger partial charge in [-0.2, -0.15) is 0 Å². The molecule has 1 aromatic heterocycles. The Morgan fingerprint density at radius 3 is 2.68 bits per heavy atom. The number of anilines is 2. The summed E-state index contributed by atoms with van der Waals surface area (Å²) in [6, 6.07) is 9.52. The van der Waals surface area contributed by atoms with Gasteiger partial charge in [-0.1, -0.05) is 0 Å². The fourth-order valence-electron chi connectivity index (χ4n) is 3.67. The Balaban J connectivity index is 1.75. The molecule has 0 aliphatic carbocycles. The number of rotatable bonds is 6. The number of methoxy groups -OCH3 is 1. The van der Waals surface area contributed by atoms with Gasteiger partial charge in [-0.15, -0.1) is 11.3 Å². The highest BCUT2D eigenvalue weighted by Gasteiger charge is 2.34. The lowest BCUT2D eigenvalue weighted by atomic mass is 10.1. The summed E-state index contributed by atoms with van der Waals surface area (Å²) >= 11 is 1.80. The highest BCUT2D eigenvalue weighted by atomic mass is 32.1. The molecule has 2 unspecified atom stereocenters. The maximum absolute atomic E-state index is 13.0. The van der Waals surface area contributed by atoms with Gasteiger partial charge in [-0.05, 0) is 63.6 Å². The molecule has 1 aliphatic rings. The second kappa shape index (κ2) is 8.75. The average molecular weight is 402 g/mol. The molecule has 1 fully saturated rings. The Labute approximate surface area is 169 Å². The maximum atomic E-state index is 13.0. The van der Waals surface area contributed by atoms with Crippen LogP contribution in [-0.2, 0) is 9.59 Å². The van der Waals surface area contributed by atoms with Crippen LogP contribution in [0.15, 0.2) is 30.3 Å². The third kappa shape index (κ3) is 4.54. The van der Waals surface area contributed by atoms with Crippen molar-refractivity contribution in [2.75, 3.05) is 24.3 Å². The second-order valence-corrected chi connectivity index (χ2v) is 8.43. The first-order valence-electron chi connectivity index (χ1n) is 9.47. The van der Waals surface area contributed by atoms with Gasteiger partial charge in [0.05, 0.1) is 18.8 Å².